The summed E-state index contributed by atoms with van der Waals surface area (Å²) in [5, 5.41) is 3.30. The van der Waals surface area contributed by atoms with Gasteiger partial charge in [-0.3, -0.25) is 13.9 Å². The van der Waals surface area contributed by atoms with Crippen molar-refractivity contribution in [3.8, 4) is 0 Å². The Morgan fingerprint density at radius 2 is 1.56 bits per heavy atom. The zero-order valence-corrected chi connectivity index (χ0v) is 25.8. The van der Waals surface area contributed by atoms with Gasteiger partial charge in [0.15, 0.2) is 0 Å². The van der Waals surface area contributed by atoms with E-state index in [9.17, 15) is 22.4 Å². The van der Waals surface area contributed by atoms with Gasteiger partial charge in [-0.05, 0) is 106 Å². The monoisotopic (exact) mass is 601 g/mol. The molecule has 0 saturated heterocycles. The summed E-state index contributed by atoms with van der Waals surface area (Å²) in [5.74, 6) is -1.38. The lowest BCUT2D eigenvalue weighted by Crippen LogP contribution is -2.55. The second kappa shape index (κ2) is 13.0. The van der Waals surface area contributed by atoms with E-state index in [1.54, 1.807) is 25.1 Å². The molecular formula is C31H37ClFN3O4S. The molecule has 1 atom stereocenters. The Morgan fingerprint density at radius 3 is 2.10 bits per heavy atom. The lowest BCUT2D eigenvalue weighted by molar-refractivity contribution is -0.141. The van der Waals surface area contributed by atoms with Gasteiger partial charge in [-0.1, -0.05) is 36.7 Å². The summed E-state index contributed by atoms with van der Waals surface area (Å²) < 4.78 is 42.6. The molecule has 2 amide bonds. The van der Waals surface area contributed by atoms with Gasteiger partial charge in [0.2, 0.25) is 11.8 Å². The number of hydrogen-bond donors (Lipinski definition) is 1. The number of benzene rings is 3. The zero-order chi connectivity index (χ0) is 30.5. The van der Waals surface area contributed by atoms with Gasteiger partial charge in [0, 0.05) is 17.1 Å². The number of carbonyl (C=O) groups is 2. The second-order valence-electron chi connectivity index (χ2n) is 11.0. The maximum absolute atomic E-state index is 14.1. The lowest BCUT2D eigenvalue weighted by Gasteiger charge is -2.35. The van der Waals surface area contributed by atoms with Crippen molar-refractivity contribution in [2.75, 3.05) is 10.8 Å². The summed E-state index contributed by atoms with van der Waals surface area (Å²) >= 11 is 6.00. The van der Waals surface area contributed by atoms with Crippen molar-refractivity contribution in [1.29, 1.82) is 0 Å². The summed E-state index contributed by atoms with van der Waals surface area (Å²) in [6.07, 6.45) is 0.280. The highest BCUT2D eigenvalue weighted by Crippen LogP contribution is 2.27. The third kappa shape index (κ3) is 8.30. The van der Waals surface area contributed by atoms with Crippen LogP contribution in [0, 0.1) is 19.7 Å². The molecule has 1 N–H and O–H groups in total. The number of carbonyl (C=O) groups excluding carboxylic acids is 2. The van der Waals surface area contributed by atoms with E-state index in [4.69, 9.17) is 11.6 Å². The molecular weight excluding hydrogens is 565 g/mol. The summed E-state index contributed by atoms with van der Waals surface area (Å²) in [6, 6.07) is 15.6. The van der Waals surface area contributed by atoms with E-state index >= 15 is 0 Å². The molecule has 7 nitrogen and oxygen atoms in total. The van der Waals surface area contributed by atoms with Gasteiger partial charge in [-0.15, -0.1) is 0 Å². The minimum absolute atomic E-state index is 0.0169. The number of rotatable bonds is 10. The molecule has 0 aliphatic rings. The van der Waals surface area contributed by atoms with E-state index in [-0.39, 0.29) is 23.8 Å². The Morgan fingerprint density at radius 1 is 0.951 bits per heavy atom. The summed E-state index contributed by atoms with van der Waals surface area (Å²) in [7, 11) is -4.21. The molecule has 3 aromatic carbocycles. The van der Waals surface area contributed by atoms with Crippen LogP contribution in [0.2, 0.25) is 5.02 Å². The Balaban J connectivity index is 2.09. The molecule has 0 spiro atoms. The molecule has 3 rings (SSSR count). The van der Waals surface area contributed by atoms with E-state index < -0.39 is 39.9 Å². The van der Waals surface area contributed by atoms with Crippen molar-refractivity contribution in [1.82, 2.24) is 10.2 Å². The van der Waals surface area contributed by atoms with Crippen molar-refractivity contribution in [3.63, 3.8) is 0 Å². The van der Waals surface area contributed by atoms with Crippen molar-refractivity contribution in [2.24, 2.45) is 0 Å². The predicted molar refractivity (Wildman–Crippen MR) is 161 cm³/mol. The first-order chi connectivity index (χ1) is 19.1. The number of anilines is 1. The van der Waals surface area contributed by atoms with Crippen LogP contribution in [0.4, 0.5) is 10.1 Å². The van der Waals surface area contributed by atoms with Crippen LogP contribution in [-0.2, 0) is 26.2 Å². The number of halogens is 2. The van der Waals surface area contributed by atoms with Crippen LogP contribution >= 0.6 is 11.6 Å². The highest BCUT2D eigenvalue weighted by atomic mass is 35.5. The molecule has 0 aromatic heterocycles. The number of hydrogen-bond acceptors (Lipinski definition) is 4. The highest BCUT2D eigenvalue weighted by molar-refractivity contribution is 7.92. The Hall–Kier alpha value is -3.43. The molecule has 0 radical (unpaired) electrons. The van der Waals surface area contributed by atoms with Crippen molar-refractivity contribution < 1.29 is 22.4 Å². The quantitative estimate of drug-likeness (QED) is 0.308. The fourth-order valence-electron chi connectivity index (χ4n) is 4.30. The van der Waals surface area contributed by atoms with Crippen molar-refractivity contribution in [2.45, 2.75) is 71.0 Å². The van der Waals surface area contributed by atoms with Crippen LogP contribution in [0.5, 0.6) is 0 Å². The van der Waals surface area contributed by atoms with E-state index in [0.29, 0.717) is 16.3 Å². The standard InChI is InChI=1S/C31H37ClFN3O4S/c1-7-28(30(38)34-31(4,5)6)35(19-23-9-13-25(33)14-10-23)29(37)20-36(26-15-8-21(2)22(3)18-26)41(39,40)27-16-11-24(32)12-17-27/h8-18,28H,7,19-20H2,1-6H3,(H,34,38)/t28-/m1/s1. The minimum atomic E-state index is -4.21. The Bertz CT molecular complexity index is 1490. The van der Waals surface area contributed by atoms with Crippen LogP contribution in [0.25, 0.3) is 0 Å². The van der Waals surface area contributed by atoms with Gasteiger partial charge in [0.1, 0.15) is 18.4 Å². The summed E-state index contributed by atoms with van der Waals surface area (Å²) in [4.78, 5) is 28.8. The average molecular weight is 602 g/mol. The highest BCUT2D eigenvalue weighted by Gasteiger charge is 2.34. The van der Waals surface area contributed by atoms with Gasteiger partial charge >= 0.3 is 0 Å². The first-order valence-electron chi connectivity index (χ1n) is 13.3. The number of nitrogens with one attached hydrogen (secondary N) is 1. The minimum Gasteiger partial charge on any atom is -0.350 e. The summed E-state index contributed by atoms with van der Waals surface area (Å²) in [6.45, 7) is 10.5. The molecule has 3 aromatic rings. The maximum Gasteiger partial charge on any atom is 0.264 e. The average Bonchev–Trinajstić information content (AvgIpc) is 2.89. The smallest absolute Gasteiger partial charge is 0.264 e. The van der Waals surface area contributed by atoms with Crippen LogP contribution in [0.3, 0.4) is 0 Å². The number of amides is 2. The van der Waals surface area contributed by atoms with Gasteiger partial charge < -0.3 is 10.2 Å². The first kappa shape index (κ1) is 32.1. The lowest BCUT2D eigenvalue weighted by atomic mass is 10.1. The molecule has 0 aliphatic heterocycles. The van der Waals surface area contributed by atoms with E-state index in [1.165, 1.54) is 53.4 Å². The molecule has 41 heavy (non-hydrogen) atoms. The van der Waals surface area contributed by atoms with Crippen molar-refractivity contribution >= 4 is 39.1 Å². The van der Waals surface area contributed by atoms with Crippen LogP contribution < -0.4 is 9.62 Å². The van der Waals surface area contributed by atoms with E-state index in [1.807, 2.05) is 34.6 Å². The van der Waals surface area contributed by atoms with Gasteiger partial charge in [0.05, 0.1) is 10.6 Å². The molecule has 10 heteroatoms. The number of nitrogens with zero attached hydrogens (tertiary/aromatic N) is 2. The third-order valence-electron chi connectivity index (χ3n) is 6.61. The fraction of sp³-hybridized carbons (Fsp3) is 0.355. The zero-order valence-electron chi connectivity index (χ0n) is 24.2. The second-order valence-corrected chi connectivity index (χ2v) is 13.3. The molecule has 0 fully saturated rings. The molecule has 0 saturated carbocycles. The summed E-state index contributed by atoms with van der Waals surface area (Å²) in [5.41, 5.74) is 2.17. The normalized spacial score (nSPS) is 12.5. The topological polar surface area (TPSA) is 86.8 Å². The molecule has 0 unspecified atom stereocenters. The fourth-order valence-corrected chi connectivity index (χ4v) is 5.83. The molecule has 0 aliphatic carbocycles. The van der Waals surface area contributed by atoms with Crippen molar-refractivity contribution in [3.05, 3.63) is 94.3 Å². The molecule has 0 bridgehead atoms. The number of aryl methyl sites for hydroxylation is 2. The van der Waals surface area contributed by atoms with Gasteiger partial charge in [-0.2, -0.15) is 0 Å². The van der Waals surface area contributed by atoms with Crippen LogP contribution in [0.15, 0.2) is 71.6 Å². The van der Waals surface area contributed by atoms with E-state index in [0.717, 1.165) is 15.4 Å². The Kier molecular flexibility index (Phi) is 10.2. The maximum atomic E-state index is 14.1. The van der Waals surface area contributed by atoms with Crippen LogP contribution in [-0.4, -0.2) is 43.3 Å². The first-order valence-corrected chi connectivity index (χ1v) is 15.2. The molecule has 220 valence electrons. The van der Waals surface area contributed by atoms with Gasteiger partial charge in [0.25, 0.3) is 10.0 Å². The molecule has 0 heterocycles. The van der Waals surface area contributed by atoms with Gasteiger partial charge in [-0.25, -0.2) is 12.8 Å². The Labute approximate surface area is 247 Å². The third-order valence-corrected chi connectivity index (χ3v) is 8.65. The number of sulfonamides is 1. The van der Waals surface area contributed by atoms with Crippen LogP contribution in [0.1, 0.15) is 50.8 Å². The van der Waals surface area contributed by atoms with E-state index in [2.05, 4.69) is 5.32 Å². The largest absolute Gasteiger partial charge is 0.350 e. The predicted octanol–water partition coefficient (Wildman–Crippen LogP) is 6.01. The SMILES string of the molecule is CC[C@H](C(=O)NC(C)(C)C)N(Cc1ccc(F)cc1)C(=O)CN(c1ccc(C)c(C)c1)S(=O)(=O)c1ccc(Cl)cc1.